The highest BCUT2D eigenvalue weighted by Crippen LogP contribution is 1.96. The van der Waals surface area contributed by atoms with Crippen molar-refractivity contribution in [3.63, 3.8) is 0 Å². The van der Waals surface area contributed by atoms with Gasteiger partial charge in [-0.15, -0.1) is 0 Å². The molecule has 0 radical (unpaired) electrons. The molecule has 9 heavy (non-hydrogen) atoms. The Bertz CT molecular complexity index is 97.1. The van der Waals surface area contributed by atoms with Crippen LogP contribution in [-0.2, 0) is 0 Å². The van der Waals surface area contributed by atoms with Gasteiger partial charge in [0.2, 0.25) is 0 Å². The Morgan fingerprint density at radius 1 is 1.56 bits per heavy atom. The number of hydrogen-bond acceptors (Lipinski definition) is 2. The zero-order chi connectivity index (χ0) is 7.11. The van der Waals surface area contributed by atoms with E-state index < -0.39 is 0 Å². The molecule has 52 valence electrons. The number of nitrogens with one attached hydrogen (secondary N) is 2. The molecule has 0 aromatic rings. The normalized spacial score (nSPS) is 9.00. The summed E-state index contributed by atoms with van der Waals surface area (Å²) in [5.41, 5.74) is 0.687. The largest absolute Gasteiger partial charge is 0.313 e. The third-order valence-corrected chi connectivity index (χ3v) is 1.18. The van der Waals surface area contributed by atoms with Gasteiger partial charge in [-0.2, -0.15) is 0 Å². The molecule has 0 atom stereocenters. The molecule has 0 aromatic carbocycles. The first-order valence-corrected chi connectivity index (χ1v) is 3.36. The van der Waals surface area contributed by atoms with Crippen LogP contribution < -0.4 is 0 Å². The fourth-order valence-corrected chi connectivity index (χ4v) is 0.615. The van der Waals surface area contributed by atoms with Crippen LogP contribution in [0.5, 0.6) is 0 Å². The van der Waals surface area contributed by atoms with E-state index in [2.05, 4.69) is 6.92 Å². The molecule has 0 saturated heterocycles. The maximum absolute atomic E-state index is 7.24. The van der Waals surface area contributed by atoms with Gasteiger partial charge in [0.1, 0.15) is 0 Å². The van der Waals surface area contributed by atoms with E-state index in [9.17, 15) is 0 Å². The predicted octanol–water partition coefficient (Wildman–Crippen LogP) is 2.24. The second kappa shape index (κ2) is 5.48. The molecular formula is C7H14N2. The Hall–Kier alpha value is -0.660. The molecule has 0 aliphatic heterocycles. The Labute approximate surface area is 56.3 Å². The highest BCUT2D eigenvalue weighted by atomic mass is 14.4. The minimum atomic E-state index is 0.542. The van der Waals surface area contributed by atoms with Crippen molar-refractivity contribution in [3.05, 3.63) is 0 Å². The summed E-state index contributed by atoms with van der Waals surface area (Å²) >= 11 is 0. The van der Waals surface area contributed by atoms with Crippen LogP contribution in [-0.4, -0.2) is 11.9 Å². The quantitative estimate of drug-likeness (QED) is 0.531. The summed E-state index contributed by atoms with van der Waals surface area (Å²) < 4.78 is 0. The minimum Gasteiger partial charge on any atom is -0.313 e. The smallest absolute Gasteiger partial charge is 0.0199 e. The molecule has 0 spiro atoms. The Morgan fingerprint density at radius 2 is 2.22 bits per heavy atom. The van der Waals surface area contributed by atoms with Gasteiger partial charge in [-0.3, -0.25) is 0 Å². The summed E-state index contributed by atoms with van der Waals surface area (Å²) in [5, 5.41) is 13.9. The van der Waals surface area contributed by atoms with E-state index in [-0.39, 0.29) is 0 Å². The lowest BCUT2D eigenvalue weighted by atomic mass is 10.1. The van der Waals surface area contributed by atoms with Crippen LogP contribution in [0.4, 0.5) is 0 Å². The van der Waals surface area contributed by atoms with Crippen LogP contribution in [0.1, 0.15) is 32.6 Å². The Morgan fingerprint density at radius 3 is 2.67 bits per heavy atom. The zero-order valence-electron chi connectivity index (χ0n) is 5.91. The third-order valence-electron chi connectivity index (χ3n) is 1.18. The van der Waals surface area contributed by atoms with Crippen molar-refractivity contribution in [2.45, 2.75) is 32.6 Å². The van der Waals surface area contributed by atoms with Crippen molar-refractivity contribution in [2.75, 3.05) is 0 Å². The van der Waals surface area contributed by atoms with E-state index in [1.165, 1.54) is 6.21 Å². The van der Waals surface area contributed by atoms with Gasteiger partial charge in [-0.25, -0.2) is 0 Å². The monoisotopic (exact) mass is 126 g/mol. The highest BCUT2D eigenvalue weighted by Gasteiger charge is 1.91. The summed E-state index contributed by atoms with van der Waals surface area (Å²) in [7, 11) is 0. The highest BCUT2D eigenvalue weighted by molar-refractivity contribution is 5.92. The molecule has 0 heterocycles. The zero-order valence-corrected chi connectivity index (χ0v) is 5.91. The average molecular weight is 126 g/mol. The Balaban J connectivity index is 3.16. The molecular weight excluding hydrogens is 112 g/mol. The lowest BCUT2D eigenvalue weighted by Gasteiger charge is -1.95. The maximum atomic E-state index is 7.24. The first-order chi connectivity index (χ1) is 4.31. The molecule has 2 N–H and O–H groups in total. The summed E-state index contributed by atoms with van der Waals surface area (Å²) in [6, 6.07) is 0. The van der Waals surface area contributed by atoms with E-state index in [1.54, 1.807) is 0 Å². The second-order valence-electron chi connectivity index (χ2n) is 2.12. The fourth-order valence-electron chi connectivity index (χ4n) is 0.615. The fraction of sp³-hybridized carbons (Fsp3) is 0.714. The van der Waals surface area contributed by atoms with Gasteiger partial charge < -0.3 is 10.8 Å². The van der Waals surface area contributed by atoms with Gasteiger partial charge in [-0.05, 0) is 12.8 Å². The molecule has 0 rings (SSSR count). The standard InChI is InChI=1S/C7H14N2/c1-2-3-4-7(9)5-6-8/h6,8-9H,2-5H2,1H3. The number of hydrogen-bond donors (Lipinski definition) is 2. The molecule has 0 aliphatic carbocycles. The van der Waals surface area contributed by atoms with Gasteiger partial charge in [0, 0.05) is 18.3 Å². The SMILES string of the molecule is CCCCC(=N)CC=N. The van der Waals surface area contributed by atoms with E-state index in [0.717, 1.165) is 19.3 Å². The van der Waals surface area contributed by atoms with Crippen LogP contribution >= 0.6 is 0 Å². The third kappa shape index (κ3) is 5.21. The molecule has 2 heteroatoms. The van der Waals surface area contributed by atoms with Crippen LogP contribution in [0.25, 0.3) is 0 Å². The first-order valence-electron chi connectivity index (χ1n) is 3.36. The van der Waals surface area contributed by atoms with Crippen LogP contribution in [0.2, 0.25) is 0 Å². The second-order valence-corrected chi connectivity index (χ2v) is 2.12. The molecule has 0 aliphatic rings. The molecule has 0 unspecified atom stereocenters. The van der Waals surface area contributed by atoms with Gasteiger partial charge in [0.25, 0.3) is 0 Å². The maximum Gasteiger partial charge on any atom is 0.0199 e. The molecule has 0 fully saturated rings. The Kier molecular flexibility index (Phi) is 5.07. The van der Waals surface area contributed by atoms with Crippen molar-refractivity contribution in [1.29, 1.82) is 10.8 Å². The summed E-state index contributed by atoms with van der Waals surface area (Å²) in [5.74, 6) is 0. The number of rotatable bonds is 5. The van der Waals surface area contributed by atoms with E-state index in [4.69, 9.17) is 10.8 Å². The van der Waals surface area contributed by atoms with Crippen molar-refractivity contribution in [1.82, 2.24) is 0 Å². The summed E-state index contributed by atoms with van der Waals surface area (Å²) in [6.45, 7) is 2.11. The van der Waals surface area contributed by atoms with Gasteiger partial charge in [0.05, 0.1) is 0 Å². The predicted molar refractivity (Wildman–Crippen MR) is 40.7 cm³/mol. The van der Waals surface area contributed by atoms with Gasteiger partial charge in [-0.1, -0.05) is 13.3 Å². The molecule has 0 amide bonds. The molecule has 0 aromatic heterocycles. The minimum absolute atomic E-state index is 0.542. The van der Waals surface area contributed by atoms with E-state index in [1.807, 2.05) is 0 Å². The van der Waals surface area contributed by atoms with Crippen LogP contribution in [0.15, 0.2) is 0 Å². The van der Waals surface area contributed by atoms with Crippen molar-refractivity contribution in [2.24, 2.45) is 0 Å². The lowest BCUT2D eigenvalue weighted by molar-refractivity contribution is 0.828. The van der Waals surface area contributed by atoms with E-state index >= 15 is 0 Å². The molecule has 2 nitrogen and oxygen atoms in total. The van der Waals surface area contributed by atoms with Crippen molar-refractivity contribution < 1.29 is 0 Å². The van der Waals surface area contributed by atoms with Crippen LogP contribution in [0.3, 0.4) is 0 Å². The van der Waals surface area contributed by atoms with Gasteiger partial charge in [0.15, 0.2) is 0 Å². The van der Waals surface area contributed by atoms with Crippen molar-refractivity contribution >= 4 is 11.9 Å². The lowest BCUT2D eigenvalue weighted by Crippen LogP contribution is -1.95. The van der Waals surface area contributed by atoms with Crippen molar-refractivity contribution in [3.8, 4) is 0 Å². The molecule has 0 saturated carbocycles. The summed E-state index contributed by atoms with van der Waals surface area (Å²) in [6.07, 6.45) is 4.93. The van der Waals surface area contributed by atoms with E-state index in [0.29, 0.717) is 12.1 Å². The van der Waals surface area contributed by atoms with Crippen LogP contribution in [0, 0.1) is 10.8 Å². The summed E-state index contributed by atoms with van der Waals surface area (Å²) in [4.78, 5) is 0. The number of unbranched alkanes of at least 4 members (excludes halogenated alkanes) is 1. The van der Waals surface area contributed by atoms with Gasteiger partial charge >= 0.3 is 0 Å². The molecule has 0 bridgehead atoms. The first kappa shape index (κ1) is 8.34. The average Bonchev–Trinajstić information content (AvgIpc) is 1.85. The topological polar surface area (TPSA) is 47.7 Å².